The van der Waals surface area contributed by atoms with Crippen LogP contribution in [0.1, 0.15) is 13.3 Å². The Kier molecular flexibility index (Phi) is 3.65. The molecule has 0 spiro atoms. The number of pyridine rings is 1. The first kappa shape index (κ1) is 13.0. The number of aromatic amines is 1. The van der Waals surface area contributed by atoms with Crippen molar-refractivity contribution < 1.29 is 13.5 Å². The number of sulfonamides is 1. The Morgan fingerprint density at radius 2 is 2.33 bits per heavy atom. The van der Waals surface area contributed by atoms with Gasteiger partial charge in [0.2, 0.25) is 10.0 Å². The van der Waals surface area contributed by atoms with Crippen molar-refractivity contribution in [3.05, 3.63) is 24.5 Å². The Morgan fingerprint density at radius 3 is 3.00 bits per heavy atom. The van der Waals surface area contributed by atoms with Gasteiger partial charge >= 0.3 is 0 Å². The maximum absolute atomic E-state index is 12.2. The first-order valence-corrected chi connectivity index (χ1v) is 7.12. The molecular formula is C11H15N3O3S. The first-order valence-electron chi connectivity index (χ1n) is 5.63. The Balaban J connectivity index is 2.41. The summed E-state index contributed by atoms with van der Waals surface area (Å²) in [5, 5.41) is 9.59. The quantitative estimate of drug-likeness (QED) is 0.741. The van der Waals surface area contributed by atoms with Crippen molar-refractivity contribution in [2.24, 2.45) is 0 Å². The lowest BCUT2D eigenvalue weighted by molar-refractivity contribution is 0.254. The highest BCUT2D eigenvalue weighted by Gasteiger charge is 2.22. The van der Waals surface area contributed by atoms with Gasteiger partial charge in [-0.15, -0.1) is 0 Å². The number of nitrogens with one attached hydrogen (secondary N) is 2. The lowest BCUT2D eigenvalue weighted by Crippen LogP contribution is -2.36. The summed E-state index contributed by atoms with van der Waals surface area (Å²) in [4.78, 5) is 7.00. The van der Waals surface area contributed by atoms with E-state index in [1.54, 1.807) is 25.3 Å². The van der Waals surface area contributed by atoms with Crippen LogP contribution in [0.25, 0.3) is 11.0 Å². The highest BCUT2D eigenvalue weighted by Crippen LogP contribution is 2.20. The van der Waals surface area contributed by atoms with Crippen LogP contribution in [-0.2, 0) is 10.0 Å². The molecular weight excluding hydrogens is 254 g/mol. The molecule has 0 aliphatic heterocycles. The summed E-state index contributed by atoms with van der Waals surface area (Å²) >= 11 is 0. The lowest BCUT2D eigenvalue weighted by Gasteiger charge is -2.13. The molecule has 0 radical (unpaired) electrons. The van der Waals surface area contributed by atoms with Crippen LogP contribution in [0.2, 0.25) is 0 Å². The maximum atomic E-state index is 12.2. The van der Waals surface area contributed by atoms with Gasteiger partial charge in [-0.05, 0) is 18.6 Å². The lowest BCUT2D eigenvalue weighted by atomic mass is 10.3. The van der Waals surface area contributed by atoms with Crippen LogP contribution in [0.15, 0.2) is 29.4 Å². The van der Waals surface area contributed by atoms with E-state index in [4.69, 9.17) is 5.11 Å². The van der Waals surface area contributed by atoms with E-state index in [9.17, 15) is 8.42 Å². The van der Waals surface area contributed by atoms with Crippen molar-refractivity contribution >= 4 is 21.1 Å². The summed E-state index contributed by atoms with van der Waals surface area (Å²) in [7, 11) is -3.65. The van der Waals surface area contributed by atoms with Crippen molar-refractivity contribution in [2.75, 3.05) is 6.61 Å². The second-order valence-electron chi connectivity index (χ2n) is 3.96. The summed E-state index contributed by atoms with van der Waals surface area (Å²) < 4.78 is 26.8. The van der Waals surface area contributed by atoms with E-state index in [0.29, 0.717) is 17.5 Å². The molecule has 3 N–H and O–H groups in total. The molecule has 2 rings (SSSR count). The first-order chi connectivity index (χ1) is 8.58. The van der Waals surface area contributed by atoms with Crippen LogP contribution in [0.5, 0.6) is 0 Å². The summed E-state index contributed by atoms with van der Waals surface area (Å²) in [6.45, 7) is 1.58. The van der Waals surface area contributed by atoms with Gasteiger partial charge in [-0.1, -0.05) is 6.92 Å². The van der Waals surface area contributed by atoms with Gasteiger partial charge in [-0.25, -0.2) is 18.1 Å². The van der Waals surface area contributed by atoms with Gasteiger partial charge in [0.15, 0.2) is 0 Å². The third kappa shape index (κ3) is 2.38. The topological polar surface area (TPSA) is 95.1 Å². The minimum atomic E-state index is -3.65. The number of hydrogen-bond acceptors (Lipinski definition) is 4. The van der Waals surface area contributed by atoms with Crippen LogP contribution < -0.4 is 4.72 Å². The molecule has 0 aromatic carbocycles. The molecule has 0 bridgehead atoms. The van der Waals surface area contributed by atoms with E-state index in [1.165, 1.54) is 6.20 Å². The predicted molar refractivity (Wildman–Crippen MR) is 67.6 cm³/mol. The number of aromatic nitrogens is 2. The van der Waals surface area contributed by atoms with Gasteiger partial charge in [0.25, 0.3) is 0 Å². The van der Waals surface area contributed by atoms with Gasteiger partial charge in [0.05, 0.1) is 6.61 Å². The van der Waals surface area contributed by atoms with Crippen LogP contribution in [0, 0.1) is 0 Å². The number of aliphatic hydroxyl groups excluding tert-OH is 1. The molecule has 0 aliphatic carbocycles. The van der Waals surface area contributed by atoms with Gasteiger partial charge in [-0.2, -0.15) is 0 Å². The molecule has 98 valence electrons. The molecule has 6 nitrogen and oxygen atoms in total. The average molecular weight is 269 g/mol. The van der Waals surface area contributed by atoms with Crippen molar-refractivity contribution in [1.29, 1.82) is 0 Å². The monoisotopic (exact) mass is 269 g/mol. The zero-order valence-electron chi connectivity index (χ0n) is 9.92. The largest absolute Gasteiger partial charge is 0.395 e. The molecule has 2 aromatic rings. The third-order valence-electron chi connectivity index (χ3n) is 2.74. The summed E-state index contributed by atoms with van der Waals surface area (Å²) in [6.07, 6.45) is 3.52. The second-order valence-corrected chi connectivity index (χ2v) is 5.64. The molecule has 18 heavy (non-hydrogen) atoms. The van der Waals surface area contributed by atoms with E-state index in [0.717, 1.165) is 0 Å². The van der Waals surface area contributed by atoms with E-state index in [2.05, 4.69) is 14.7 Å². The molecule has 0 aliphatic rings. The zero-order chi connectivity index (χ0) is 13.2. The fraction of sp³-hybridized carbons (Fsp3) is 0.364. The van der Waals surface area contributed by atoms with Gasteiger partial charge in [0.1, 0.15) is 10.5 Å². The predicted octanol–water partition coefficient (Wildman–Crippen LogP) is 0.612. The third-order valence-corrected chi connectivity index (χ3v) is 4.30. The van der Waals surface area contributed by atoms with E-state index in [1.807, 2.05) is 0 Å². The number of hydrogen-bond donors (Lipinski definition) is 3. The Labute approximate surface area is 105 Å². The second kappa shape index (κ2) is 5.05. The highest BCUT2D eigenvalue weighted by atomic mass is 32.2. The molecule has 2 heterocycles. The van der Waals surface area contributed by atoms with Crippen LogP contribution in [0.4, 0.5) is 0 Å². The smallest absolute Gasteiger partial charge is 0.243 e. The van der Waals surface area contributed by atoms with Crippen molar-refractivity contribution in [3.63, 3.8) is 0 Å². The summed E-state index contributed by atoms with van der Waals surface area (Å²) in [5.41, 5.74) is 0.523. The van der Waals surface area contributed by atoms with Crippen LogP contribution >= 0.6 is 0 Å². The fourth-order valence-corrected chi connectivity index (χ4v) is 3.16. The standard InChI is InChI=1S/C11H15N3O3S/c1-2-8(7-15)14-18(16,17)10-6-13-11-9(10)4-3-5-12-11/h3-6,8,14-15H,2,7H2,1H3,(H,12,13). The van der Waals surface area contributed by atoms with Gasteiger partial charge in [0, 0.05) is 23.8 Å². The average Bonchev–Trinajstić information content (AvgIpc) is 2.80. The van der Waals surface area contributed by atoms with Crippen molar-refractivity contribution in [2.45, 2.75) is 24.3 Å². The minimum Gasteiger partial charge on any atom is -0.395 e. The molecule has 0 fully saturated rings. The molecule has 0 saturated heterocycles. The number of rotatable bonds is 5. The summed E-state index contributed by atoms with van der Waals surface area (Å²) in [6, 6.07) is 2.89. The molecule has 1 unspecified atom stereocenters. The van der Waals surface area contributed by atoms with Crippen molar-refractivity contribution in [1.82, 2.24) is 14.7 Å². The molecule has 7 heteroatoms. The molecule has 0 saturated carbocycles. The highest BCUT2D eigenvalue weighted by molar-refractivity contribution is 7.89. The van der Waals surface area contributed by atoms with E-state index in [-0.39, 0.29) is 11.5 Å². The number of aliphatic hydroxyl groups is 1. The van der Waals surface area contributed by atoms with Crippen LogP contribution in [0.3, 0.4) is 0 Å². The Hall–Kier alpha value is -1.44. The fourth-order valence-electron chi connectivity index (χ4n) is 1.69. The minimum absolute atomic E-state index is 0.150. The number of nitrogens with zero attached hydrogens (tertiary/aromatic N) is 1. The zero-order valence-corrected chi connectivity index (χ0v) is 10.7. The van der Waals surface area contributed by atoms with Crippen LogP contribution in [-0.4, -0.2) is 36.1 Å². The normalized spacial score (nSPS) is 13.9. The SMILES string of the molecule is CCC(CO)NS(=O)(=O)c1c[nH]c2ncccc12. The molecule has 2 aromatic heterocycles. The van der Waals surface area contributed by atoms with Crippen molar-refractivity contribution in [3.8, 4) is 0 Å². The summed E-state index contributed by atoms with van der Waals surface area (Å²) in [5.74, 6) is 0. The Bertz CT molecular complexity index is 632. The molecule has 0 amide bonds. The number of fused-ring (bicyclic) bond motifs is 1. The molecule has 1 atom stereocenters. The Morgan fingerprint density at radius 1 is 1.56 bits per heavy atom. The van der Waals surface area contributed by atoms with Gasteiger partial charge in [-0.3, -0.25) is 0 Å². The maximum Gasteiger partial charge on any atom is 0.243 e. The number of H-pyrrole nitrogens is 1. The van der Waals surface area contributed by atoms with E-state index >= 15 is 0 Å². The van der Waals surface area contributed by atoms with Gasteiger partial charge < -0.3 is 10.1 Å². The van der Waals surface area contributed by atoms with E-state index < -0.39 is 16.1 Å².